The molecule has 2 heterocycles. The highest BCUT2D eigenvalue weighted by atomic mass is 16.1. The number of para-hydroxylation sites is 1. The van der Waals surface area contributed by atoms with Crippen LogP contribution in [0.3, 0.4) is 0 Å². The van der Waals surface area contributed by atoms with E-state index in [0.717, 1.165) is 42.0 Å². The summed E-state index contributed by atoms with van der Waals surface area (Å²) < 4.78 is 0. The molecule has 6 N–H and O–H groups in total. The molecule has 0 aliphatic carbocycles. The Morgan fingerprint density at radius 1 is 1.03 bits per heavy atom. The van der Waals surface area contributed by atoms with E-state index in [4.69, 9.17) is 5.41 Å². The van der Waals surface area contributed by atoms with Crippen LogP contribution in [0.2, 0.25) is 0 Å². The number of nitrogens with zero attached hydrogens (tertiary/aromatic N) is 1. The SMILES string of the molecule is CNC(=O)/C(C(=N)NCC1CCNC1)=C(/NCc1ccc(-c2ccccn2)cc1)Nc1ccccc1. The van der Waals surface area contributed by atoms with E-state index in [1.807, 2.05) is 72.8 Å². The summed E-state index contributed by atoms with van der Waals surface area (Å²) in [5, 5.41) is 24.6. The molecule has 0 spiro atoms. The number of nitrogens with one attached hydrogen (secondary N) is 6. The first-order chi connectivity index (χ1) is 17.6. The highest BCUT2D eigenvalue weighted by molar-refractivity contribution is 6.20. The molecular weight excluding hydrogens is 450 g/mol. The molecule has 0 bridgehead atoms. The van der Waals surface area contributed by atoms with Crippen molar-refractivity contribution >= 4 is 17.4 Å². The fourth-order valence-corrected chi connectivity index (χ4v) is 4.08. The molecule has 1 fully saturated rings. The average molecular weight is 484 g/mol. The van der Waals surface area contributed by atoms with Crippen molar-refractivity contribution in [1.29, 1.82) is 5.41 Å². The molecule has 1 saturated heterocycles. The Hall–Kier alpha value is -4.17. The number of benzene rings is 2. The van der Waals surface area contributed by atoms with Crippen molar-refractivity contribution in [3.63, 3.8) is 0 Å². The second-order valence-electron chi connectivity index (χ2n) is 8.70. The van der Waals surface area contributed by atoms with Gasteiger partial charge in [-0.25, -0.2) is 0 Å². The molecule has 0 radical (unpaired) electrons. The summed E-state index contributed by atoms with van der Waals surface area (Å²) in [5.74, 6) is 0.648. The molecule has 8 heteroatoms. The molecule has 1 aromatic heterocycles. The fourth-order valence-electron chi connectivity index (χ4n) is 4.08. The number of amides is 1. The lowest BCUT2D eigenvalue weighted by Gasteiger charge is -2.20. The van der Waals surface area contributed by atoms with Crippen LogP contribution in [0.25, 0.3) is 11.3 Å². The highest BCUT2D eigenvalue weighted by Gasteiger charge is 2.22. The zero-order valence-corrected chi connectivity index (χ0v) is 20.5. The standard InChI is InChI=1S/C28H33N7O/c1-30-28(36)25(26(29)33-19-21-14-16-31-17-21)27(35-23-7-3-2-4-8-23)34-18-20-10-12-22(13-11-20)24-9-5-6-15-32-24/h2-13,15,21,31,34-35H,14,16-19H2,1H3,(H2,29,33)(H,30,36)/b27-25-. The number of carbonyl (C=O) groups excluding carboxylic acids is 1. The van der Waals surface area contributed by atoms with Gasteiger partial charge in [0.15, 0.2) is 0 Å². The third-order valence-corrected chi connectivity index (χ3v) is 6.11. The fraction of sp³-hybridized carbons (Fsp3) is 0.250. The monoisotopic (exact) mass is 483 g/mol. The Balaban J connectivity index is 1.55. The maximum Gasteiger partial charge on any atom is 0.258 e. The smallest absolute Gasteiger partial charge is 0.258 e. The molecule has 3 aromatic rings. The number of carbonyl (C=O) groups is 1. The molecule has 1 atom stereocenters. The van der Waals surface area contributed by atoms with E-state index in [2.05, 4.69) is 31.6 Å². The van der Waals surface area contributed by atoms with Crippen molar-refractivity contribution in [1.82, 2.24) is 26.3 Å². The third-order valence-electron chi connectivity index (χ3n) is 6.11. The van der Waals surface area contributed by atoms with Crippen molar-refractivity contribution in [2.45, 2.75) is 13.0 Å². The van der Waals surface area contributed by atoms with Crippen LogP contribution in [0.15, 0.2) is 90.4 Å². The molecule has 8 nitrogen and oxygen atoms in total. The summed E-state index contributed by atoms with van der Waals surface area (Å²) in [6.07, 6.45) is 2.84. The van der Waals surface area contributed by atoms with Crippen molar-refractivity contribution < 1.29 is 4.79 Å². The van der Waals surface area contributed by atoms with E-state index in [0.29, 0.717) is 24.8 Å². The molecule has 1 unspecified atom stereocenters. The lowest BCUT2D eigenvalue weighted by molar-refractivity contribution is -0.116. The Labute approximate surface area is 212 Å². The number of hydrogen-bond donors (Lipinski definition) is 6. The molecular formula is C28H33N7O. The van der Waals surface area contributed by atoms with Crippen molar-refractivity contribution in [3.8, 4) is 11.3 Å². The van der Waals surface area contributed by atoms with Crippen LogP contribution in [0.4, 0.5) is 5.69 Å². The molecule has 4 rings (SSSR count). The Kier molecular flexibility index (Phi) is 8.67. The predicted molar refractivity (Wildman–Crippen MR) is 144 cm³/mol. The number of pyridine rings is 1. The van der Waals surface area contributed by atoms with Gasteiger partial charge < -0.3 is 26.6 Å². The zero-order valence-electron chi connectivity index (χ0n) is 20.5. The number of likely N-dealkylation sites (N-methyl/N-ethyl adjacent to an activating group) is 1. The minimum absolute atomic E-state index is 0.0812. The van der Waals surface area contributed by atoms with Gasteiger partial charge >= 0.3 is 0 Å². The van der Waals surface area contributed by atoms with E-state index in [1.165, 1.54) is 0 Å². The van der Waals surface area contributed by atoms with E-state index >= 15 is 0 Å². The van der Waals surface area contributed by atoms with E-state index in [9.17, 15) is 4.79 Å². The normalized spacial score (nSPS) is 15.5. The Bertz CT molecular complexity index is 1170. The average Bonchev–Trinajstić information content (AvgIpc) is 3.46. The van der Waals surface area contributed by atoms with Crippen LogP contribution in [0, 0.1) is 11.3 Å². The largest absolute Gasteiger partial charge is 0.369 e. The summed E-state index contributed by atoms with van der Waals surface area (Å²) in [6.45, 7) is 3.01. The van der Waals surface area contributed by atoms with Crippen molar-refractivity contribution in [2.24, 2.45) is 5.92 Å². The lowest BCUT2D eigenvalue weighted by Crippen LogP contribution is -2.39. The maximum absolute atomic E-state index is 12.9. The number of hydrogen-bond acceptors (Lipinski definition) is 6. The van der Waals surface area contributed by atoms with E-state index in [-0.39, 0.29) is 17.3 Å². The molecule has 36 heavy (non-hydrogen) atoms. The van der Waals surface area contributed by atoms with Gasteiger partial charge in [-0.05, 0) is 55.3 Å². The summed E-state index contributed by atoms with van der Waals surface area (Å²) in [5.41, 5.74) is 4.05. The van der Waals surface area contributed by atoms with Gasteiger partial charge in [-0.15, -0.1) is 0 Å². The van der Waals surface area contributed by atoms with Gasteiger partial charge in [0, 0.05) is 37.6 Å². The first-order valence-corrected chi connectivity index (χ1v) is 12.2. The Morgan fingerprint density at radius 2 is 1.81 bits per heavy atom. The molecule has 0 saturated carbocycles. The van der Waals surface area contributed by atoms with Crippen molar-refractivity contribution in [3.05, 3.63) is 96.0 Å². The van der Waals surface area contributed by atoms with E-state index in [1.54, 1.807) is 13.2 Å². The third kappa shape index (κ3) is 6.70. The van der Waals surface area contributed by atoms with Gasteiger partial charge in [-0.3, -0.25) is 15.2 Å². The van der Waals surface area contributed by atoms with Crippen LogP contribution in [-0.2, 0) is 11.3 Å². The second kappa shape index (κ2) is 12.5. The van der Waals surface area contributed by atoms with E-state index < -0.39 is 0 Å². The Morgan fingerprint density at radius 3 is 2.47 bits per heavy atom. The van der Waals surface area contributed by atoms with Gasteiger partial charge in [0.05, 0.1) is 5.69 Å². The van der Waals surface area contributed by atoms with Crippen LogP contribution in [0.1, 0.15) is 12.0 Å². The molecule has 1 aliphatic heterocycles. The van der Waals surface area contributed by atoms with Gasteiger partial charge in [-0.1, -0.05) is 48.5 Å². The van der Waals surface area contributed by atoms with Gasteiger partial charge in [-0.2, -0.15) is 0 Å². The second-order valence-corrected chi connectivity index (χ2v) is 8.70. The zero-order chi connectivity index (χ0) is 25.2. The first kappa shape index (κ1) is 24.9. The number of rotatable bonds is 10. The number of anilines is 1. The van der Waals surface area contributed by atoms with Gasteiger partial charge in [0.25, 0.3) is 5.91 Å². The summed E-state index contributed by atoms with van der Waals surface area (Å²) in [6, 6.07) is 23.6. The van der Waals surface area contributed by atoms with Gasteiger partial charge in [0.1, 0.15) is 17.2 Å². The quantitative estimate of drug-likeness (QED) is 0.150. The van der Waals surface area contributed by atoms with Crippen LogP contribution in [-0.4, -0.2) is 43.4 Å². The molecule has 1 aliphatic rings. The molecule has 1 amide bonds. The summed E-state index contributed by atoms with van der Waals surface area (Å²) >= 11 is 0. The molecule has 186 valence electrons. The van der Waals surface area contributed by atoms with Gasteiger partial charge in [0.2, 0.25) is 0 Å². The number of amidine groups is 1. The predicted octanol–water partition coefficient (Wildman–Crippen LogP) is 3.08. The van der Waals surface area contributed by atoms with Crippen LogP contribution in [0.5, 0.6) is 0 Å². The lowest BCUT2D eigenvalue weighted by atomic mass is 10.1. The molecule has 2 aromatic carbocycles. The number of aromatic nitrogens is 1. The topological polar surface area (TPSA) is 114 Å². The van der Waals surface area contributed by atoms with Crippen molar-refractivity contribution in [2.75, 3.05) is 32.0 Å². The minimum Gasteiger partial charge on any atom is -0.369 e. The minimum atomic E-state index is -0.339. The summed E-state index contributed by atoms with van der Waals surface area (Å²) in [7, 11) is 1.58. The summed E-state index contributed by atoms with van der Waals surface area (Å²) in [4.78, 5) is 17.4. The maximum atomic E-state index is 12.9. The first-order valence-electron chi connectivity index (χ1n) is 12.2. The van der Waals surface area contributed by atoms with Crippen LogP contribution >= 0.6 is 0 Å². The highest BCUT2D eigenvalue weighted by Crippen LogP contribution is 2.18. The van der Waals surface area contributed by atoms with Crippen LogP contribution < -0.4 is 26.6 Å².